The third-order valence-corrected chi connectivity index (χ3v) is 14.8. The molecule has 50 heavy (non-hydrogen) atoms. The minimum atomic E-state index is -0.365. The molecular weight excluding hydrogens is 641 g/mol. The first-order valence-electron chi connectivity index (χ1n) is 21.1. The number of aromatic nitrogens is 4. The predicted octanol–water partition coefficient (Wildman–Crippen LogP) is 10.9. The van der Waals surface area contributed by atoms with Crippen LogP contribution >= 0.6 is 0 Å². The molecule has 3 aromatic heterocycles. The van der Waals surface area contributed by atoms with Gasteiger partial charge < -0.3 is 0 Å². The van der Waals surface area contributed by atoms with Crippen molar-refractivity contribution in [1.29, 1.82) is 0 Å². The van der Waals surface area contributed by atoms with Crippen LogP contribution in [0.15, 0.2) is 49.1 Å². The number of unbranched alkanes of at least 4 members (excludes halogenated alkanes) is 10. The first-order chi connectivity index (χ1) is 24.4. The van der Waals surface area contributed by atoms with Crippen LogP contribution in [0.4, 0.5) is 0 Å². The first-order valence-corrected chi connectivity index (χ1v) is 24.1. The first kappa shape index (κ1) is 42.2. The number of pyridine rings is 2. The van der Waals surface area contributed by atoms with Gasteiger partial charge in [0.05, 0.1) is 42.8 Å². The third kappa shape index (κ3) is 17.8. The second-order valence-electron chi connectivity index (χ2n) is 16.2. The number of hydrogen-bond acceptors (Lipinski definition) is 4. The van der Waals surface area contributed by atoms with Gasteiger partial charge in [0.25, 0.3) is 0 Å². The molecule has 0 saturated carbocycles. The van der Waals surface area contributed by atoms with Crippen LogP contribution < -0.4 is 10.6 Å². The highest BCUT2D eigenvalue weighted by Gasteiger charge is 2.11. The van der Waals surface area contributed by atoms with E-state index >= 15 is 0 Å². The second kappa shape index (κ2) is 25.7. The fourth-order valence-electron chi connectivity index (χ4n) is 7.39. The normalized spacial score (nSPS) is 14.5. The van der Waals surface area contributed by atoms with Crippen molar-refractivity contribution in [3.05, 3.63) is 49.1 Å². The molecule has 0 fully saturated rings. The Kier molecular flexibility index (Phi) is 21.7. The monoisotopic (exact) mass is 715 g/mol. The molecule has 0 bridgehead atoms. The van der Waals surface area contributed by atoms with Gasteiger partial charge in [-0.15, -0.1) is 0 Å². The van der Waals surface area contributed by atoms with E-state index in [2.05, 4.69) is 65.8 Å². The molecule has 0 saturated heterocycles. The van der Waals surface area contributed by atoms with Crippen LogP contribution in [0.25, 0.3) is 22.5 Å². The van der Waals surface area contributed by atoms with Gasteiger partial charge in [0.2, 0.25) is 0 Å². The largest absolute Gasteiger partial charge is 0.266 e. The molecule has 0 N–H and O–H groups in total. The summed E-state index contributed by atoms with van der Waals surface area (Å²) in [5.41, 5.74) is 5.47. The van der Waals surface area contributed by atoms with Crippen LogP contribution in [0.2, 0.25) is 11.1 Å². The zero-order chi connectivity index (χ0) is 35.8. The molecule has 3 aromatic rings. The molecule has 0 aliphatic rings. The number of hydrogen-bond donors (Lipinski definition) is 0. The topological polar surface area (TPSA) is 51.6 Å². The van der Waals surface area contributed by atoms with Crippen molar-refractivity contribution in [1.82, 2.24) is 19.9 Å². The van der Waals surface area contributed by atoms with Crippen molar-refractivity contribution >= 4 is 29.7 Å². The maximum atomic E-state index is 4.85. The van der Waals surface area contributed by atoms with Crippen LogP contribution in [-0.4, -0.2) is 39.0 Å². The van der Waals surface area contributed by atoms with E-state index in [1.165, 1.54) is 139 Å². The maximum Gasteiger partial charge on any atom is 0.0901 e. The van der Waals surface area contributed by atoms with Gasteiger partial charge in [0.15, 0.2) is 0 Å². The van der Waals surface area contributed by atoms with E-state index in [0.717, 1.165) is 45.4 Å². The van der Waals surface area contributed by atoms with Gasteiger partial charge in [-0.05, 0) is 47.2 Å². The molecule has 0 aliphatic carbocycles. The molecule has 278 valence electrons. The summed E-state index contributed by atoms with van der Waals surface area (Å²) in [6.07, 6.45) is 35.6. The molecule has 6 heteroatoms. The van der Waals surface area contributed by atoms with Crippen LogP contribution in [-0.2, 0) is 0 Å². The van der Waals surface area contributed by atoms with Gasteiger partial charge >= 0.3 is 0 Å². The van der Waals surface area contributed by atoms with Crippen molar-refractivity contribution in [3.63, 3.8) is 0 Å². The highest BCUT2D eigenvalue weighted by molar-refractivity contribution is 6.54. The highest BCUT2D eigenvalue weighted by atomic mass is 28.2. The highest BCUT2D eigenvalue weighted by Crippen LogP contribution is 2.22. The van der Waals surface area contributed by atoms with Crippen LogP contribution in [0, 0.1) is 11.8 Å². The van der Waals surface area contributed by atoms with Crippen LogP contribution in [0.5, 0.6) is 0 Å². The Morgan fingerprint density at radius 3 is 1.10 bits per heavy atom. The summed E-state index contributed by atoms with van der Waals surface area (Å²) in [5, 5.41) is 2.63. The van der Waals surface area contributed by atoms with E-state index < -0.39 is 0 Å². The van der Waals surface area contributed by atoms with E-state index in [-0.39, 0.29) is 19.0 Å². The van der Waals surface area contributed by atoms with Gasteiger partial charge in [0.1, 0.15) is 0 Å². The van der Waals surface area contributed by atoms with Crippen LogP contribution in [0.1, 0.15) is 170 Å². The summed E-state index contributed by atoms with van der Waals surface area (Å²) in [4.78, 5) is 19.2. The second-order valence-corrected chi connectivity index (χ2v) is 21.2. The lowest BCUT2D eigenvalue weighted by Gasteiger charge is -2.12. The lowest BCUT2D eigenvalue weighted by atomic mass is 9.96. The van der Waals surface area contributed by atoms with E-state index in [4.69, 9.17) is 19.9 Å². The quantitative estimate of drug-likeness (QED) is 0.0555. The van der Waals surface area contributed by atoms with Gasteiger partial charge in [-0.25, -0.2) is 0 Å². The summed E-state index contributed by atoms with van der Waals surface area (Å²) < 4.78 is 0. The minimum absolute atomic E-state index is 0.365. The zero-order valence-electron chi connectivity index (χ0n) is 33.3. The summed E-state index contributed by atoms with van der Waals surface area (Å²) in [7, 11) is -0.729. The van der Waals surface area contributed by atoms with Crippen molar-refractivity contribution in [2.45, 2.75) is 181 Å². The molecule has 4 atom stereocenters. The molecule has 0 spiro atoms. The fourth-order valence-corrected chi connectivity index (χ4v) is 10.7. The van der Waals surface area contributed by atoms with Crippen molar-refractivity contribution < 1.29 is 0 Å². The standard InChI is InChI=1S/C44H74N4Si2/c1-7-9-15-21-35(3)23-17-11-13-19-25-37(5)49-43-29-27-39(31-47-43)41-33-46-42(34-45-41)40-28-30-44(48-32-40)50-38(6)26-20-14-12-18-24-36(4)22-16-10-8-2/h27-38H,7-26,49-50H2,1-6H3. The molecule has 0 aliphatic heterocycles. The van der Waals surface area contributed by atoms with E-state index in [0.29, 0.717) is 0 Å². The SMILES string of the molecule is CCCCCC(C)CCCCCCC(C)[SiH2]c1ccc(-c2cnc(-c3ccc([SiH2]C(C)CCCCCCC(C)CCCCC)nc3)cn2)cn1. The van der Waals surface area contributed by atoms with Crippen molar-refractivity contribution in [3.8, 4) is 22.5 Å². The van der Waals surface area contributed by atoms with Gasteiger partial charge in [-0.1, -0.05) is 170 Å². The Labute approximate surface area is 313 Å². The molecule has 4 unspecified atom stereocenters. The summed E-state index contributed by atoms with van der Waals surface area (Å²) in [5.74, 6) is 1.82. The summed E-state index contributed by atoms with van der Waals surface area (Å²) in [6, 6.07) is 8.84. The van der Waals surface area contributed by atoms with Crippen molar-refractivity contribution in [2.24, 2.45) is 11.8 Å². The number of nitrogens with zero attached hydrogens (tertiary/aromatic N) is 4. The van der Waals surface area contributed by atoms with Gasteiger partial charge in [0, 0.05) is 34.2 Å². The van der Waals surface area contributed by atoms with E-state index in [1.54, 1.807) is 0 Å². The Morgan fingerprint density at radius 1 is 0.420 bits per heavy atom. The fraction of sp³-hybridized carbons (Fsp3) is 0.682. The lowest BCUT2D eigenvalue weighted by Crippen LogP contribution is -2.21. The average Bonchev–Trinajstić information content (AvgIpc) is 3.12. The molecule has 0 aromatic carbocycles. The molecule has 3 rings (SSSR count). The Bertz CT molecular complexity index is 1150. The smallest absolute Gasteiger partial charge is 0.0901 e. The van der Waals surface area contributed by atoms with E-state index in [1.807, 2.05) is 24.8 Å². The Morgan fingerprint density at radius 2 is 0.780 bits per heavy atom. The average molecular weight is 715 g/mol. The summed E-state index contributed by atoms with van der Waals surface area (Å²) in [6.45, 7) is 14.4. The Balaban J connectivity index is 1.32. The third-order valence-electron chi connectivity index (χ3n) is 10.9. The molecule has 0 radical (unpaired) electrons. The molecular formula is C44H74N4Si2. The molecule has 3 heterocycles. The number of rotatable bonds is 28. The van der Waals surface area contributed by atoms with Crippen molar-refractivity contribution in [2.75, 3.05) is 0 Å². The van der Waals surface area contributed by atoms with Gasteiger partial charge in [-0.2, -0.15) is 0 Å². The molecule has 0 amide bonds. The minimum Gasteiger partial charge on any atom is -0.266 e. The van der Waals surface area contributed by atoms with E-state index in [9.17, 15) is 0 Å². The zero-order valence-corrected chi connectivity index (χ0v) is 36.1. The Hall–Kier alpha value is -2.19. The van der Waals surface area contributed by atoms with Gasteiger partial charge in [-0.3, -0.25) is 19.9 Å². The lowest BCUT2D eigenvalue weighted by molar-refractivity contribution is 0.436. The maximum absolute atomic E-state index is 4.85. The summed E-state index contributed by atoms with van der Waals surface area (Å²) >= 11 is 0. The van der Waals surface area contributed by atoms with Crippen LogP contribution in [0.3, 0.4) is 0 Å². The predicted molar refractivity (Wildman–Crippen MR) is 226 cm³/mol. The molecule has 4 nitrogen and oxygen atoms in total.